The number of rotatable bonds is 5. The number of aromatic nitrogens is 3. The molecular formula is C20H19BrN4OS. The Kier molecular flexibility index (Phi) is 5.59. The molecule has 7 heteroatoms. The molecule has 0 saturated heterocycles. The number of hydrogen-bond donors (Lipinski definition) is 1. The molecule has 0 fully saturated rings. The van der Waals surface area contributed by atoms with Crippen molar-refractivity contribution in [3.63, 3.8) is 0 Å². The Morgan fingerprint density at radius 2 is 1.93 bits per heavy atom. The van der Waals surface area contributed by atoms with Crippen LogP contribution in [0.25, 0.3) is 11.3 Å². The van der Waals surface area contributed by atoms with E-state index in [-0.39, 0.29) is 6.23 Å². The molecule has 138 valence electrons. The average Bonchev–Trinajstić information content (AvgIpc) is 2.85. The minimum atomic E-state index is -0.356. The molecule has 0 bridgehead atoms. The maximum atomic E-state index is 6.26. The van der Waals surface area contributed by atoms with Crippen molar-refractivity contribution >= 4 is 33.4 Å². The van der Waals surface area contributed by atoms with Crippen LogP contribution in [0.3, 0.4) is 0 Å². The fraction of sp³-hybridized carbons (Fsp3) is 0.250. The van der Waals surface area contributed by atoms with E-state index in [0.717, 1.165) is 39.9 Å². The third-order valence-corrected chi connectivity index (χ3v) is 5.69. The molecule has 2 aromatic carbocycles. The number of benzene rings is 2. The number of halogens is 1. The average molecular weight is 443 g/mol. The molecule has 1 aliphatic heterocycles. The van der Waals surface area contributed by atoms with Crippen molar-refractivity contribution in [2.75, 3.05) is 11.1 Å². The number of thioether (sulfide) groups is 1. The predicted molar refractivity (Wildman–Crippen MR) is 112 cm³/mol. The van der Waals surface area contributed by atoms with Gasteiger partial charge in [0.2, 0.25) is 11.0 Å². The molecule has 3 aromatic rings. The van der Waals surface area contributed by atoms with E-state index < -0.39 is 0 Å². The third kappa shape index (κ3) is 4.09. The van der Waals surface area contributed by atoms with Gasteiger partial charge in [0.05, 0.1) is 0 Å². The lowest BCUT2D eigenvalue weighted by Crippen LogP contribution is -2.17. The predicted octanol–water partition coefficient (Wildman–Crippen LogP) is 5.70. The highest BCUT2D eigenvalue weighted by molar-refractivity contribution is 9.10. The minimum Gasteiger partial charge on any atom is -0.448 e. The highest BCUT2D eigenvalue weighted by Crippen LogP contribution is 2.39. The van der Waals surface area contributed by atoms with Gasteiger partial charge in [0.15, 0.2) is 11.9 Å². The second-order valence-corrected chi connectivity index (χ2v) is 8.17. The van der Waals surface area contributed by atoms with E-state index >= 15 is 0 Å². The highest BCUT2D eigenvalue weighted by atomic mass is 79.9. The van der Waals surface area contributed by atoms with Crippen molar-refractivity contribution in [1.29, 1.82) is 0 Å². The van der Waals surface area contributed by atoms with Gasteiger partial charge in [-0.1, -0.05) is 71.4 Å². The van der Waals surface area contributed by atoms with Gasteiger partial charge in [-0.3, -0.25) is 0 Å². The third-order valence-electron chi connectivity index (χ3n) is 4.24. The van der Waals surface area contributed by atoms with Gasteiger partial charge in [-0.2, -0.15) is 4.98 Å². The van der Waals surface area contributed by atoms with Crippen molar-refractivity contribution in [3.8, 4) is 17.1 Å². The maximum absolute atomic E-state index is 6.26. The maximum Gasteiger partial charge on any atom is 0.247 e. The quantitative estimate of drug-likeness (QED) is 0.404. The van der Waals surface area contributed by atoms with Gasteiger partial charge >= 0.3 is 0 Å². The molecule has 0 aliphatic carbocycles. The monoisotopic (exact) mass is 442 g/mol. The molecule has 0 spiro atoms. The first-order chi connectivity index (χ1) is 13.2. The van der Waals surface area contributed by atoms with E-state index in [1.54, 1.807) is 11.8 Å². The Labute approximate surface area is 171 Å². The molecule has 5 nitrogen and oxygen atoms in total. The van der Waals surface area contributed by atoms with E-state index in [1.165, 1.54) is 0 Å². The smallest absolute Gasteiger partial charge is 0.247 e. The number of ether oxygens (including phenoxy) is 1. The highest BCUT2D eigenvalue weighted by Gasteiger charge is 2.25. The zero-order chi connectivity index (χ0) is 18.6. The van der Waals surface area contributed by atoms with Gasteiger partial charge in [0.1, 0.15) is 0 Å². The summed E-state index contributed by atoms with van der Waals surface area (Å²) in [5.74, 6) is 1.48. The molecule has 0 unspecified atom stereocenters. The van der Waals surface area contributed by atoms with Crippen LogP contribution in [0, 0.1) is 0 Å². The van der Waals surface area contributed by atoms with Crippen molar-refractivity contribution in [1.82, 2.24) is 15.2 Å². The van der Waals surface area contributed by atoms with Crippen LogP contribution < -0.4 is 10.1 Å². The lowest BCUT2D eigenvalue weighted by Gasteiger charge is -2.19. The Bertz CT molecular complexity index is 936. The van der Waals surface area contributed by atoms with Crippen LogP contribution in [-0.4, -0.2) is 20.9 Å². The van der Waals surface area contributed by atoms with Crippen LogP contribution in [-0.2, 0) is 0 Å². The normalized spacial score (nSPS) is 15.1. The number of hydrogen-bond acceptors (Lipinski definition) is 6. The Morgan fingerprint density at radius 3 is 2.74 bits per heavy atom. The zero-order valence-corrected chi connectivity index (χ0v) is 17.3. The summed E-state index contributed by atoms with van der Waals surface area (Å²) in [6.45, 7) is 2.17. The van der Waals surface area contributed by atoms with Gasteiger partial charge < -0.3 is 10.1 Å². The minimum absolute atomic E-state index is 0.356. The van der Waals surface area contributed by atoms with Crippen LogP contribution in [0.4, 0.5) is 5.69 Å². The lowest BCUT2D eigenvalue weighted by molar-refractivity contribution is 0.225. The van der Waals surface area contributed by atoms with Crippen molar-refractivity contribution < 1.29 is 4.74 Å². The largest absolute Gasteiger partial charge is 0.448 e. The first kappa shape index (κ1) is 18.3. The van der Waals surface area contributed by atoms with Crippen LogP contribution >= 0.6 is 27.7 Å². The van der Waals surface area contributed by atoms with Gasteiger partial charge in [-0.15, -0.1) is 10.2 Å². The van der Waals surface area contributed by atoms with Gasteiger partial charge in [-0.05, 0) is 24.6 Å². The number of fused-ring (bicyclic) bond motifs is 3. The molecule has 4 rings (SSSR count). The Balaban J connectivity index is 1.73. The molecule has 27 heavy (non-hydrogen) atoms. The summed E-state index contributed by atoms with van der Waals surface area (Å²) in [6.07, 6.45) is 1.91. The lowest BCUT2D eigenvalue weighted by atomic mass is 10.1. The molecule has 1 atom stereocenters. The molecule has 1 aromatic heterocycles. The van der Waals surface area contributed by atoms with Crippen LogP contribution in [0.2, 0.25) is 0 Å². The number of anilines is 1. The second kappa shape index (κ2) is 8.27. The van der Waals surface area contributed by atoms with E-state index in [1.807, 2.05) is 48.5 Å². The summed E-state index contributed by atoms with van der Waals surface area (Å²) in [6, 6.07) is 16.1. The summed E-state index contributed by atoms with van der Waals surface area (Å²) in [4.78, 5) is 4.66. The van der Waals surface area contributed by atoms with E-state index in [9.17, 15) is 0 Å². The molecule has 0 amide bonds. The standard InChI is InChI=1S/C20H19BrN4OS/c1-2-3-12-27-20-23-19-17(24-25-20)15-6-4-5-7-16(15)22-18(26-19)13-8-10-14(21)11-9-13/h4-11,18,22H,2-3,12H2,1H3/t18-/m0/s1. The van der Waals surface area contributed by atoms with Crippen molar-refractivity contribution in [2.24, 2.45) is 0 Å². The number of nitrogens with zero attached hydrogens (tertiary/aromatic N) is 3. The van der Waals surface area contributed by atoms with Crippen molar-refractivity contribution in [3.05, 3.63) is 58.6 Å². The first-order valence-corrected chi connectivity index (χ1v) is 10.7. The van der Waals surface area contributed by atoms with Crippen molar-refractivity contribution in [2.45, 2.75) is 31.1 Å². The van der Waals surface area contributed by atoms with Gasteiger partial charge in [-0.25, -0.2) is 0 Å². The fourth-order valence-electron chi connectivity index (χ4n) is 2.80. The Hall–Kier alpha value is -2.12. The summed E-state index contributed by atoms with van der Waals surface area (Å²) in [5, 5.41) is 12.8. The summed E-state index contributed by atoms with van der Waals surface area (Å²) in [7, 11) is 0. The molecule has 0 saturated carbocycles. The fourth-order valence-corrected chi connectivity index (χ4v) is 3.93. The van der Waals surface area contributed by atoms with Crippen LogP contribution in [0.5, 0.6) is 5.88 Å². The topological polar surface area (TPSA) is 59.9 Å². The second-order valence-electron chi connectivity index (χ2n) is 6.19. The first-order valence-electron chi connectivity index (χ1n) is 8.90. The van der Waals surface area contributed by atoms with E-state index in [4.69, 9.17) is 4.74 Å². The van der Waals surface area contributed by atoms with Crippen LogP contribution in [0.15, 0.2) is 58.2 Å². The van der Waals surface area contributed by atoms with E-state index in [2.05, 4.69) is 43.4 Å². The summed E-state index contributed by atoms with van der Waals surface area (Å²) < 4.78 is 7.29. The summed E-state index contributed by atoms with van der Waals surface area (Å²) >= 11 is 5.09. The zero-order valence-electron chi connectivity index (χ0n) is 14.9. The Morgan fingerprint density at radius 1 is 1.11 bits per heavy atom. The van der Waals surface area contributed by atoms with E-state index in [0.29, 0.717) is 16.7 Å². The number of para-hydroxylation sites is 1. The van der Waals surface area contributed by atoms with Crippen LogP contribution in [0.1, 0.15) is 31.6 Å². The molecule has 1 N–H and O–H groups in total. The molecule has 0 radical (unpaired) electrons. The SMILES string of the molecule is CCCCSc1nnc2c(n1)O[C@@H](c1ccc(Br)cc1)Nc1ccccc1-2. The molecule has 2 heterocycles. The molecular weight excluding hydrogens is 424 g/mol. The van der Waals surface area contributed by atoms with Gasteiger partial charge in [0.25, 0.3) is 0 Å². The number of nitrogens with one attached hydrogen (secondary N) is 1. The molecule has 1 aliphatic rings. The summed E-state index contributed by atoms with van der Waals surface area (Å²) in [5.41, 5.74) is 3.57. The number of unbranched alkanes of at least 4 members (excludes halogenated alkanes) is 1. The van der Waals surface area contributed by atoms with Gasteiger partial charge in [0, 0.05) is 27.0 Å².